The Morgan fingerprint density at radius 1 is 1.39 bits per heavy atom. The van der Waals surface area contributed by atoms with Gasteiger partial charge in [0.15, 0.2) is 0 Å². The van der Waals surface area contributed by atoms with E-state index in [1.807, 2.05) is 13.8 Å². The predicted molar refractivity (Wildman–Crippen MR) is 96.4 cm³/mol. The van der Waals surface area contributed by atoms with Crippen molar-refractivity contribution in [3.8, 4) is 5.75 Å². The molecule has 0 aromatic heterocycles. The fraction of sp³-hybridized carbons (Fsp3) is 0.455. The quantitative estimate of drug-likeness (QED) is 0.313. The smallest absolute Gasteiger partial charge is 0.481 e. The van der Waals surface area contributed by atoms with Gasteiger partial charge in [-0.05, 0) is 33.9 Å². The van der Waals surface area contributed by atoms with Crippen molar-refractivity contribution in [2.75, 3.05) is 0 Å². The molecule has 1 aromatic carbocycles. The summed E-state index contributed by atoms with van der Waals surface area (Å²) in [5, 5.41) is 9.00. The molecule has 0 fully saturated rings. The third-order valence-corrected chi connectivity index (χ3v) is 12.1. The fourth-order valence-electron chi connectivity index (χ4n) is 1.67. The second-order valence-electron chi connectivity index (χ2n) is 4.71. The fourth-order valence-corrected chi connectivity index (χ4v) is 8.38. The second-order valence-corrected chi connectivity index (χ2v) is 13.9. The average Bonchev–Trinajstić information content (AvgIpc) is 2.53. The molecular weight excluding hydrogens is 378 g/mol. The summed E-state index contributed by atoms with van der Waals surface area (Å²) in [5.74, 6) is 0.556. The maximum Gasteiger partial charge on any atom is 0.697 e. The molecule has 0 spiro atoms. The van der Waals surface area contributed by atoms with Gasteiger partial charge in [-0.3, -0.25) is 0 Å². The zero-order valence-electron chi connectivity index (χ0n) is 12.8. The highest BCUT2D eigenvalue weighted by Gasteiger charge is 2.36. The number of hydrogen-bond donors (Lipinski definition) is 5. The van der Waals surface area contributed by atoms with Gasteiger partial charge in [0.25, 0.3) is 0 Å². The van der Waals surface area contributed by atoms with Gasteiger partial charge in [-0.1, -0.05) is 23.6 Å². The highest BCUT2D eigenvalue weighted by molar-refractivity contribution is 8.55. The highest BCUT2D eigenvalue weighted by Crippen LogP contribution is 2.74. The molecule has 130 valence electrons. The first kappa shape index (κ1) is 21.2. The summed E-state index contributed by atoms with van der Waals surface area (Å²) < 4.78 is 21.0. The Morgan fingerprint density at radius 2 is 1.96 bits per heavy atom. The summed E-state index contributed by atoms with van der Waals surface area (Å²) in [7, 11) is -4.81. The van der Waals surface area contributed by atoms with E-state index < -0.39 is 35.1 Å². The summed E-state index contributed by atoms with van der Waals surface area (Å²) in [6, 6.07) is 6.35. The second kappa shape index (κ2) is 9.60. The third kappa shape index (κ3) is 6.19. The van der Waals surface area contributed by atoms with Gasteiger partial charge in [0.1, 0.15) is 11.1 Å². The van der Waals surface area contributed by atoms with Gasteiger partial charge in [0.05, 0.1) is 7.76 Å². The van der Waals surface area contributed by atoms with Crippen molar-refractivity contribution in [1.29, 1.82) is 0 Å². The zero-order valence-corrected chi connectivity index (χ0v) is 16.5. The van der Waals surface area contributed by atoms with Crippen LogP contribution in [0.4, 0.5) is 0 Å². The lowest BCUT2D eigenvalue weighted by molar-refractivity contribution is -0.0207. The Labute approximate surface area is 140 Å². The topological polar surface area (TPSA) is 154 Å². The minimum Gasteiger partial charge on any atom is -0.481 e. The van der Waals surface area contributed by atoms with Gasteiger partial charge in [-0.25, -0.2) is 0 Å². The van der Waals surface area contributed by atoms with E-state index in [-0.39, 0.29) is 8.42 Å². The first-order valence-electron chi connectivity index (χ1n) is 6.59. The summed E-state index contributed by atoms with van der Waals surface area (Å²) in [4.78, 5) is 8.63. The summed E-state index contributed by atoms with van der Waals surface area (Å²) in [5.41, 5.74) is 18.2. The predicted octanol–water partition coefficient (Wildman–Crippen LogP) is 2.94. The van der Waals surface area contributed by atoms with Crippen LogP contribution in [0.2, 0.25) is 0 Å². The molecule has 8 nitrogen and oxygen atoms in total. The third-order valence-electron chi connectivity index (χ3n) is 3.20. The van der Waals surface area contributed by atoms with Crippen LogP contribution in [0.1, 0.15) is 32.1 Å². The Morgan fingerprint density at radius 3 is 2.39 bits per heavy atom. The van der Waals surface area contributed by atoms with Crippen LogP contribution in [0.5, 0.6) is 5.75 Å². The van der Waals surface area contributed by atoms with Gasteiger partial charge < -0.3 is 26.4 Å². The Bertz CT molecular complexity index is 523. The van der Waals surface area contributed by atoms with E-state index in [1.54, 1.807) is 24.3 Å². The van der Waals surface area contributed by atoms with Crippen LogP contribution in [-0.4, -0.2) is 15.3 Å². The highest BCUT2D eigenvalue weighted by atomic mass is 32.5. The van der Waals surface area contributed by atoms with Crippen molar-refractivity contribution >= 4 is 31.9 Å². The maximum absolute atomic E-state index is 10.6. The van der Waals surface area contributed by atoms with Crippen molar-refractivity contribution in [2.24, 2.45) is 16.5 Å². The van der Waals surface area contributed by atoms with Crippen molar-refractivity contribution in [1.82, 2.24) is 0 Å². The van der Waals surface area contributed by atoms with Gasteiger partial charge in [-0.2, -0.15) is 0 Å². The first-order valence-corrected chi connectivity index (χ1v) is 13.2. The Kier molecular flexibility index (Phi) is 8.85. The molecule has 0 aliphatic rings. The van der Waals surface area contributed by atoms with E-state index in [2.05, 4.69) is 4.52 Å². The van der Waals surface area contributed by atoms with Crippen LogP contribution in [0, 0.1) is 0 Å². The van der Waals surface area contributed by atoms with Crippen molar-refractivity contribution in [2.45, 2.75) is 31.9 Å². The molecule has 23 heavy (non-hydrogen) atoms. The molecule has 0 bridgehead atoms. The molecule has 1 aromatic rings. The van der Waals surface area contributed by atoms with E-state index in [0.29, 0.717) is 17.7 Å². The first-order chi connectivity index (χ1) is 10.7. The van der Waals surface area contributed by atoms with E-state index in [4.69, 9.17) is 26.1 Å². The molecule has 8 N–H and O–H groups in total. The SMILES string of the molecule is CCC(C)(Oc1ccc(C(O)O[P+](=O)O)cc1)P(N)P(N)PN. The molecular formula is C11H22N3O5P4+. The summed E-state index contributed by atoms with van der Waals surface area (Å²) >= 11 is 0. The molecule has 0 radical (unpaired) electrons. The number of rotatable bonds is 9. The Hall–Kier alpha value is 0.170. The van der Waals surface area contributed by atoms with Crippen LogP contribution < -0.4 is 21.2 Å². The van der Waals surface area contributed by atoms with Crippen LogP contribution in [0.3, 0.4) is 0 Å². The van der Waals surface area contributed by atoms with E-state index in [0.717, 1.165) is 0 Å². The molecule has 12 heteroatoms. The molecule has 0 aliphatic carbocycles. The van der Waals surface area contributed by atoms with Crippen molar-refractivity contribution in [3.63, 3.8) is 0 Å². The lowest BCUT2D eigenvalue weighted by Crippen LogP contribution is -2.31. The molecule has 0 amide bonds. The molecule has 0 aliphatic heterocycles. The lowest BCUT2D eigenvalue weighted by Gasteiger charge is -2.37. The zero-order chi connectivity index (χ0) is 17.6. The van der Waals surface area contributed by atoms with Crippen LogP contribution >= 0.6 is 31.9 Å². The monoisotopic (exact) mass is 400 g/mol. The van der Waals surface area contributed by atoms with E-state index in [1.165, 1.54) is 0 Å². The molecule has 0 saturated heterocycles. The lowest BCUT2D eigenvalue weighted by atomic mass is 10.2. The number of benzene rings is 1. The van der Waals surface area contributed by atoms with E-state index in [9.17, 15) is 9.67 Å². The van der Waals surface area contributed by atoms with Crippen LogP contribution in [-0.2, 0) is 9.09 Å². The molecule has 6 atom stereocenters. The van der Waals surface area contributed by atoms with E-state index >= 15 is 0 Å². The van der Waals surface area contributed by atoms with Crippen LogP contribution in [0.15, 0.2) is 24.3 Å². The average molecular weight is 400 g/mol. The van der Waals surface area contributed by atoms with Crippen molar-refractivity contribution in [3.05, 3.63) is 29.8 Å². The largest absolute Gasteiger partial charge is 0.697 e. The molecule has 6 unspecified atom stereocenters. The minimum atomic E-state index is -2.88. The van der Waals surface area contributed by atoms with Gasteiger partial charge in [0.2, 0.25) is 6.29 Å². The molecule has 0 saturated carbocycles. The minimum absolute atomic E-state index is 0.106. The van der Waals surface area contributed by atoms with Gasteiger partial charge in [-0.15, -0.1) is 4.89 Å². The number of aliphatic hydroxyl groups is 1. The molecule has 0 heterocycles. The maximum atomic E-state index is 10.6. The normalized spacial score (nSPS) is 19.2. The standard InChI is InChI=1S/C11H21N3O5P4/c1-3-11(2,21(13)22(14)20-12)18-9-6-4-8(5-7-9)10(15)19-23(16)17/h4-7,10,15,20H,3,12-14H2,1-2H3/p+1. The number of nitrogens with two attached hydrogens (primary N) is 3. The van der Waals surface area contributed by atoms with Crippen molar-refractivity contribution < 1.29 is 23.8 Å². The Balaban J connectivity index is 2.85. The van der Waals surface area contributed by atoms with Crippen LogP contribution in [0.25, 0.3) is 0 Å². The number of hydrogen-bond acceptors (Lipinski definition) is 7. The number of ether oxygens (including phenoxy) is 1. The summed E-state index contributed by atoms with van der Waals surface area (Å²) in [6.07, 6.45) is -0.800. The summed E-state index contributed by atoms with van der Waals surface area (Å²) in [6.45, 7) is 3.87. The van der Waals surface area contributed by atoms with Gasteiger partial charge in [0, 0.05) is 17.6 Å². The number of aliphatic hydroxyl groups excluding tert-OH is 1. The molecule has 1 rings (SSSR count). The van der Waals surface area contributed by atoms with Gasteiger partial charge >= 0.3 is 8.25 Å².